The standard InChI is InChI=1S/C13H14F2N2O3/c14-9-2-1-3-10(11(9)15)16-12(19)13(20)17-5-4-8(6-17)7-18/h1-3,8,18H,4-7H2,(H,16,19). The van der Waals surface area contributed by atoms with E-state index in [4.69, 9.17) is 5.11 Å². The minimum atomic E-state index is -1.21. The van der Waals surface area contributed by atoms with Crippen LogP contribution in [0, 0.1) is 17.6 Å². The van der Waals surface area contributed by atoms with Gasteiger partial charge in [0, 0.05) is 25.6 Å². The molecule has 1 aromatic carbocycles. The van der Waals surface area contributed by atoms with Gasteiger partial charge in [0.2, 0.25) is 0 Å². The second kappa shape index (κ2) is 5.96. The van der Waals surface area contributed by atoms with Crippen LogP contribution in [0.3, 0.4) is 0 Å². The van der Waals surface area contributed by atoms with E-state index >= 15 is 0 Å². The van der Waals surface area contributed by atoms with Crippen LogP contribution in [0.2, 0.25) is 0 Å². The molecule has 1 aliphatic heterocycles. The maximum atomic E-state index is 13.4. The summed E-state index contributed by atoms with van der Waals surface area (Å²) in [6.45, 7) is 0.599. The maximum absolute atomic E-state index is 13.4. The van der Waals surface area contributed by atoms with Gasteiger partial charge in [-0.25, -0.2) is 8.78 Å². The molecule has 1 unspecified atom stereocenters. The van der Waals surface area contributed by atoms with Gasteiger partial charge in [-0.05, 0) is 18.6 Å². The molecule has 7 heteroatoms. The molecule has 1 atom stereocenters. The van der Waals surface area contributed by atoms with Crippen molar-refractivity contribution in [2.24, 2.45) is 5.92 Å². The van der Waals surface area contributed by atoms with E-state index in [9.17, 15) is 18.4 Å². The molecular weight excluding hydrogens is 270 g/mol. The number of anilines is 1. The molecule has 1 aromatic rings. The molecule has 0 radical (unpaired) electrons. The number of amides is 2. The Morgan fingerprint density at radius 2 is 2.15 bits per heavy atom. The average Bonchev–Trinajstić information content (AvgIpc) is 2.91. The highest BCUT2D eigenvalue weighted by Gasteiger charge is 2.30. The summed E-state index contributed by atoms with van der Waals surface area (Å²) >= 11 is 0. The van der Waals surface area contributed by atoms with Crippen molar-refractivity contribution in [3.05, 3.63) is 29.8 Å². The van der Waals surface area contributed by atoms with Crippen molar-refractivity contribution in [1.82, 2.24) is 4.90 Å². The predicted octanol–water partition coefficient (Wildman–Crippen LogP) is 0.744. The lowest BCUT2D eigenvalue weighted by Gasteiger charge is -2.15. The van der Waals surface area contributed by atoms with E-state index in [1.54, 1.807) is 0 Å². The number of likely N-dealkylation sites (tertiary alicyclic amines) is 1. The minimum absolute atomic E-state index is 0.0438. The Bertz CT molecular complexity index is 536. The van der Waals surface area contributed by atoms with Crippen LogP contribution >= 0.6 is 0 Å². The zero-order valence-electron chi connectivity index (χ0n) is 10.6. The lowest BCUT2D eigenvalue weighted by atomic mass is 10.1. The summed E-state index contributed by atoms with van der Waals surface area (Å²) in [5, 5.41) is 11.0. The van der Waals surface area contributed by atoms with Gasteiger partial charge >= 0.3 is 11.8 Å². The quantitative estimate of drug-likeness (QED) is 0.787. The smallest absolute Gasteiger partial charge is 0.313 e. The molecule has 2 amide bonds. The second-order valence-corrected chi connectivity index (χ2v) is 4.64. The topological polar surface area (TPSA) is 69.6 Å². The first kappa shape index (κ1) is 14.4. The highest BCUT2D eigenvalue weighted by Crippen LogP contribution is 2.18. The van der Waals surface area contributed by atoms with Crippen molar-refractivity contribution in [2.75, 3.05) is 25.0 Å². The Morgan fingerprint density at radius 1 is 1.40 bits per heavy atom. The van der Waals surface area contributed by atoms with Gasteiger partial charge in [-0.15, -0.1) is 0 Å². The van der Waals surface area contributed by atoms with Crippen LogP contribution < -0.4 is 5.32 Å². The minimum Gasteiger partial charge on any atom is -0.396 e. The van der Waals surface area contributed by atoms with Gasteiger partial charge in [-0.3, -0.25) is 9.59 Å². The van der Waals surface area contributed by atoms with Crippen LogP contribution in [-0.4, -0.2) is 41.5 Å². The van der Waals surface area contributed by atoms with Crippen LogP contribution in [0.5, 0.6) is 0 Å². The highest BCUT2D eigenvalue weighted by molar-refractivity contribution is 6.39. The van der Waals surface area contributed by atoms with Crippen molar-refractivity contribution < 1.29 is 23.5 Å². The molecule has 108 valence electrons. The van der Waals surface area contributed by atoms with Crippen LogP contribution in [0.15, 0.2) is 18.2 Å². The summed E-state index contributed by atoms with van der Waals surface area (Å²) < 4.78 is 26.4. The van der Waals surface area contributed by atoms with Crippen molar-refractivity contribution >= 4 is 17.5 Å². The lowest BCUT2D eigenvalue weighted by molar-refractivity contribution is -0.142. The summed E-state index contributed by atoms with van der Waals surface area (Å²) in [5.41, 5.74) is -0.374. The second-order valence-electron chi connectivity index (χ2n) is 4.64. The van der Waals surface area contributed by atoms with Gasteiger partial charge in [-0.1, -0.05) is 6.07 Å². The van der Waals surface area contributed by atoms with Gasteiger partial charge in [0.05, 0.1) is 5.69 Å². The van der Waals surface area contributed by atoms with Crippen LogP contribution in [0.4, 0.5) is 14.5 Å². The van der Waals surface area contributed by atoms with Crippen LogP contribution in [0.1, 0.15) is 6.42 Å². The summed E-state index contributed by atoms with van der Waals surface area (Å²) in [4.78, 5) is 24.8. The number of nitrogens with zero attached hydrogens (tertiary/aromatic N) is 1. The molecule has 5 nitrogen and oxygen atoms in total. The number of hydrogen-bond donors (Lipinski definition) is 2. The highest BCUT2D eigenvalue weighted by atomic mass is 19.2. The van der Waals surface area contributed by atoms with Crippen molar-refractivity contribution in [2.45, 2.75) is 6.42 Å². The molecule has 2 rings (SSSR count). The van der Waals surface area contributed by atoms with E-state index in [0.29, 0.717) is 13.0 Å². The van der Waals surface area contributed by atoms with Gasteiger partial charge < -0.3 is 15.3 Å². The number of aliphatic hydroxyl groups excluding tert-OH is 1. The molecule has 1 heterocycles. The Balaban J connectivity index is 2.01. The number of rotatable bonds is 2. The van der Waals surface area contributed by atoms with E-state index in [1.165, 1.54) is 17.0 Å². The Kier molecular flexibility index (Phi) is 4.29. The molecular formula is C13H14F2N2O3. The third-order valence-corrected chi connectivity index (χ3v) is 3.23. The van der Waals surface area contributed by atoms with Crippen LogP contribution in [0.25, 0.3) is 0 Å². The van der Waals surface area contributed by atoms with Gasteiger partial charge in [0.25, 0.3) is 0 Å². The first-order valence-electron chi connectivity index (χ1n) is 6.18. The Labute approximate surface area is 114 Å². The fourth-order valence-corrected chi connectivity index (χ4v) is 2.09. The van der Waals surface area contributed by atoms with E-state index in [0.717, 1.165) is 6.07 Å². The van der Waals surface area contributed by atoms with E-state index in [-0.39, 0.29) is 24.8 Å². The van der Waals surface area contributed by atoms with E-state index in [2.05, 4.69) is 5.32 Å². The first-order chi connectivity index (χ1) is 9.52. The molecule has 1 fully saturated rings. The van der Waals surface area contributed by atoms with Gasteiger partial charge in [0.1, 0.15) is 0 Å². The molecule has 0 bridgehead atoms. The largest absolute Gasteiger partial charge is 0.396 e. The van der Waals surface area contributed by atoms with E-state index in [1.807, 2.05) is 0 Å². The molecule has 1 aliphatic rings. The van der Waals surface area contributed by atoms with Gasteiger partial charge in [-0.2, -0.15) is 0 Å². The Morgan fingerprint density at radius 3 is 2.80 bits per heavy atom. The van der Waals surface area contributed by atoms with Crippen LogP contribution in [-0.2, 0) is 9.59 Å². The first-order valence-corrected chi connectivity index (χ1v) is 6.18. The number of carbonyl (C=O) groups excluding carboxylic acids is 2. The molecule has 20 heavy (non-hydrogen) atoms. The zero-order valence-corrected chi connectivity index (χ0v) is 10.6. The number of halogens is 2. The zero-order chi connectivity index (χ0) is 14.7. The SMILES string of the molecule is O=C(Nc1cccc(F)c1F)C(=O)N1CCC(CO)C1. The number of benzene rings is 1. The number of nitrogens with one attached hydrogen (secondary N) is 1. The summed E-state index contributed by atoms with van der Waals surface area (Å²) in [6.07, 6.45) is 0.615. The number of aliphatic hydroxyl groups is 1. The van der Waals surface area contributed by atoms with Crippen molar-refractivity contribution in [3.63, 3.8) is 0 Å². The molecule has 0 aliphatic carbocycles. The van der Waals surface area contributed by atoms with E-state index < -0.39 is 23.4 Å². The third-order valence-electron chi connectivity index (χ3n) is 3.23. The lowest BCUT2D eigenvalue weighted by Crippen LogP contribution is -2.38. The fraction of sp³-hybridized carbons (Fsp3) is 0.385. The average molecular weight is 284 g/mol. The molecule has 1 saturated heterocycles. The summed E-state index contributed by atoms with van der Waals surface area (Å²) in [6, 6.07) is 3.32. The monoisotopic (exact) mass is 284 g/mol. The fourth-order valence-electron chi connectivity index (χ4n) is 2.09. The van der Waals surface area contributed by atoms with Crippen molar-refractivity contribution in [1.29, 1.82) is 0 Å². The summed E-state index contributed by atoms with van der Waals surface area (Å²) in [7, 11) is 0. The molecule has 0 saturated carbocycles. The molecule has 0 spiro atoms. The number of carbonyl (C=O) groups is 2. The normalized spacial score (nSPS) is 18.1. The maximum Gasteiger partial charge on any atom is 0.313 e. The molecule has 2 N–H and O–H groups in total. The number of hydrogen-bond acceptors (Lipinski definition) is 3. The summed E-state index contributed by atoms with van der Waals surface area (Å²) in [5.74, 6) is -4.18. The van der Waals surface area contributed by atoms with Crippen molar-refractivity contribution in [3.8, 4) is 0 Å². The predicted molar refractivity (Wildman–Crippen MR) is 66.8 cm³/mol. The third kappa shape index (κ3) is 2.93. The molecule has 0 aromatic heterocycles. The Hall–Kier alpha value is -2.02. The van der Waals surface area contributed by atoms with Gasteiger partial charge in [0.15, 0.2) is 11.6 Å².